The van der Waals surface area contributed by atoms with Crippen molar-refractivity contribution in [3.8, 4) is 6.07 Å². The van der Waals surface area contributed by atoms with Crippen LogP contribution in [0.25, 0.3) is 0 Å². The minimum Gasteiger partial charge on any atom is -0.393 e. The van der Waals surface area contributed by atoms with Crippen LogP contribution in [0.4, 0.5) is 22.9 Å². The zero-order valence-corrected chi connectivity index (χ0v) is 14.3. The molecule has 0 saturated carbocycles. The molecular formula is C18H19N5O3. The van der Waals surface area contributed by atoms with E-state index in [1.165, 1.54) is 6.20 Å². The van der Waals surface area contributed by atoms with E-state index in [-0.39, 0.29) is 17.6 Å². The first-order chi connectivity index (χ1) is 12.5. The first kappa shape index (κ1) is 17.6. The van der Waals surface area contributed by atoms with E-state index in [1.54, 1.807) is 25.1 Å². The van der Waals surface area contributed by atoms with E-state index >= 15 is 0 Å². The van der Waals surface area contributed by atoms with Crippen LogP contribution in [0, 0.1) is 28.4 Å². The second kappa shape index (κ2) is 7.37. The Morgan fingerprint density at radius 1 is 1.38 bits per heavy atom. The van der Waals surface area contributed by atoms with Gasteiger partial charge in [-0.15, -0.1) is 0 Å². The number of nitro groups is 1. The van der Waals surface area contributed by atoms with Gasteiger partial charge >= 0.3 is 5.69 Å². The van der Waals surface area contributed by atoms with Gasteiger partial charge in [-0.2, -0.15) is 5.26 Å². The van der Waals surface area contributed by atoms with E-state index in [9.17, 15) is 20.5 Å². The Bertz CT molecular complexity index is 870. The molecule has 2 N–H and O–H groups in total. The third-order valence-corrected chi connectivity index (χ3v) is 4.49. The minimum absolute atomic E-state index is 0.0832. The number of anilines is 3. The summed E-state index contributed by atoms with van der Waals surface area (Å²) < 4.78 is 0. The second-order valence-corrected chi connectivity index (χ2v) is 6.27. The molecule has 26 heavy (non-hydrogen) atoms. The summed E-state index contributed by atoms with van der Waals surface area (Å²) in [5.41, 5.74) is 2.26. The molecule has 1 aliphatic heterocycles. The van der Waals surface area contributed by atoms with Gasteiger partial charge in [-0.1, -0.05) is 0 Å². The lowest BCUT2D eigenvalue weighted by molar-refractivity contribution is -0.384. The van der Waals surface area contributed by atoms with Crippen molar-refractivity contribution in [1.82, 2.24) is 4.98 Å². The molecule has 8 heteroatoms. The van der Waals surface area contributed by atoms with Crippen LogP contribution >= 0.6 is 0 Å². The van der Waals surface area contributed by atoms with Crippen LogP contribution in [-0.4, -0.2) is 34.2 Å². The van der Waals surface area contributed by atoms with Crippen molar-refractivity contribution < 1.29 is 10.0 Å². The predicted molar refractivity (Wildman–Crippen MR) is 97.5 cm³/mol. The number of hydrogen-bond donors (Lipinski definition) is 2. The van der Waals surface area contributed by atoms with Crippen LogP contribution < -0.4 is 10.2 Å². The van der Waals surface area contributed by atoms with E-state index in [1.807, 2.05) is 6.07 Å². The number of aliphatic hydroxyl groups is 1. The van der Waals surface area contributed by atoms with Gasteiger partial charge in [0.05, 0.1) is 22.3 Å². The molecule has 1 saturated heterocycles. The SMILES string of the molecule is Cc1ccnc(Nc2ccc(N3CCC(O)CC3)c(C#N)c2)c1[N+](=O)[O-]. The van der Waals surface area contributed by atoms with Crippen molar-refractivity contribution in [2.75, 3.05) is 23.3 Å². The number of nitriles is 1. The molecule has 0 aliphatic carbocycles. The summed E-state index contributed by atoms with van der Waals surface area (Å²) in [5, 5.41) is 33.4. The first-order valence-electron chi connectivity index (χ1n) is 8.33. The number of benzene rings is 1. The summed E-state index contributed by atoms with van der Waals surface area (Å²) in [7, 11) is 0. The number of aliphatic hydroxyl groups excluding tert-OH is 1. The molecule has 0 bridgehead atoms. The Hall–Kier alpha value is -3.18. The molecule has 1 aliphatic rings. The quantitative estimate of drug-likeness (QED) is 0.641. The van der Waals surface area contributed by atoms with Gasteiger partial charge in [-0.25, -0.2) is 4.98 Å². The highest BCUT2D eigenvalue weighted by atomic mass is 16.6. The molecule has 1 aromatic carbocycles. The second-order valence-electron chi connectivity index (χ2n) is 6.27. The van der Waals surface area contributed by atoms with Crippen molar-refractivity contribution in [1.29, 1.82) is 5.26 Å². The van der Waals surface area contributed by atoms with E-state index in [0.29, 0.717) is 42.7 Å². The highest BCUT2D eigenvalue weighted by molar-refractivity contribution is 5.72. The summed E-state index contributed by atoms with van der Waals surface area (Å²) in [6, 6.07) is 9.02. The summed E-state index contributed by atoms with van der Waals surface area (Å²) in [4.78, 5) is 17.0. The Labute approximate surface area is 150 Å². The normalized spacial score (nSPS) is 14.7. The van der Waals surface area contributed by atoms with Gasteiger partial charge in [-0.3, -0.25) is 10.1 Å². The largest absolute Gasteiger partial charge is 0.393 e. The fourth-order valence-electron chi connectivity index (χ4n) is 3.09. The molecule has 0 atom stereocenters. The highest BCUT2D eigenvalue weighted by Gasteiger charge is 2.21. The number of rotatable bonds is 4. The number of nitrogens with zero attached hydrogens (tertiary/aromatic N) is 4. The van der Waals surface area contributed by atoms with E-state index in [4.69, 9.17) is 0 Å². The van der Waals surface area contributed by atoms with Gasteiger partial charge in [0.15, 0.2) is 0 Å². The third-order valence-electron chi connectivity index (χ3n) is 4.49. The summed E-state index contributed by atoms with van der Waals surface area (Å²) >= 11 is 0. The highest BCUT2D eigenvalue weighted by Crippen LogP contribution is 2.31. The van der Waals surface area contributed by atoms with Crippen LogP contribution in [0.1, 0.15) is 24.0 Å². The van der Waals surface area contributed by atoms with Crippen LogP contribution in [0.2, 0.25) is 0 Å². The zero-order chi connectivity index (χ0) is 18.7. The van der Waals surface area contributed by atoms with Crippen molar-refractivity contribution in [2.45, 2.75) is 25.9 Å². The Balaban J connectivity index is 1.88. The fourth-order valence-corrected chi connectivity index (χ4v) is 3.09. The summed E-state index contributed by atoms with van der Waals surface area (Å²) in [6.07, 6.45) is 2.56. The van der Waals surface area contributed by atoms with Crippen LogP contribution in [0.3, 0.4) is 0 Å². The Morgan fingerprint density at radius 3 is 2.77 bits per heavy atom. The van der Waals surface area contributed by atoms with Gasteiger partial charge < -0.3 is 15.3 Å². The fraction of sp³-hybridized carbons (Fsp3) is 0.333. The van der Waals surface area contributed by atoms with E-state index in [0.717, 1.165) is 5.69 Å². The number of aromatic nitrogens is 1. The molecule has 0 unspecified atom stereocenters. The summed E-state index contributed by atoms with van der Waals surface area (Å²) in [5.74, 6) is 0.146. The number of hydrogen-bond acceptors (Lipinski definition) is 7. The van der Waals surface area contributed by atoms with Crippen LogP contribution in [-0.2, 0) is 0 Å². The minimum atomic E-state index is -0.469. The van der Waals surface area contributed by atoms with Gasteiger partial charge in [0, 0.05) is 30.5 Å². The number of aryl methyl sites for hydroxylation is 1. The van der Waals surface area contributed by atoms with Crippen molar-refractivity contribution in [3.63, 3.8) is 0 Å². The standard InChI is InChI=1S/C18H19N5O3/c1-12-4-7-20-18(17(12)23(25)26)21-14-2-3-16(13(10-14)11-19)22-8-5-15(24)6-9-22/h2-4,7,10,15,24H,5-6,8-9H2,1H3,(H,20,21). The van der Waals surface area contributed by atoms with E-state index < -0.39 is 4.92 Å². The number of pyridine rings is 1. The molecule has 0 amide bonds. The van der Waals surface area contributed by atoms with Crippen molar-refractivity contribution in [3.05, 3.63) is 51.7 Å². The maximum atomic E-state index is 11.3. The molecule has 2 aromatic rings. The van der Waals surface area contributed by atoms with Gasteiger partial charge in [0.25, 0.3) is 0 Å². The average Bonchev–Trinajstić information content (AvgIpc) is 2.62. The molecule has 0 spiro atoms. The number of nitrogens with one attached hydrogen (secondary N) is 1. The maximum Gasteiger partial charge on any atom is 0.314 e. The Morgan fingerprint density at radius 2 is 2.12 bits per heavy atom. The molecule has 1 fully saturated rings. The van der Waals surface area contributed by atoms with Crippen LogP contribution in [0.5, 0.6) is 0 Å². The Kier molecular flexibility index (Phi) is 5.00. The first-order valence-corrected chi connectivity index (χ1v) is 8.33. The molecule has 3 rings (SSSR count). The lowest BCUT2D eigenvalue weighted by Gasteiger charge is -2.32. The zero-order valence-electron chi connectivity index (χ0n) is 14.3. The number of piperidine rings is 1. The third kappa shape index (κ3) is 3.58. The average molecular weight is 353 g/mol. The molecule has 2 heterocycles. The lowest BCUT2D eigenvalue weighted by Crippen LogP contribution is -2.36. The van der Waals surface area contributed by atoms with Crippen molar-refractivity contribution in [2.24, 2.45) is 0 Å². The molecule has 0 radical (unpaired) electrons. The monoisotopic (exact) mass is 353 g/mol. The predicted octanol–water partition coefficient (Wildman–Crippen LogP) is 2.87. The summed E-state index contributed by atoms with van der Waals surface area (Å²) in [6.45, 7) is 3.03. The molecule has 8 nitrogen and oxygen atoms in total. The topological polar surface area (TPSA) is 115 Å². The molecular weight excluding hydrogens is 334 g/mol. The van der Waals surface area contributed by atoms with Gasteiger partial charge in [0.1, 0.15) is 6.07 Å². The molecule has 1 aromatic heterocycles. The maximum absolute atomic E-state index is 11.3. The van der Waals surface area contributed by atoms with E-state index in [2.05, 4.69) is 21.3 Å². The van der Waals surface area contributed by atoms with Crippen molar-refractivity contribution >= 4 is 22.9 Å². The van der Waals surface area contributed by atoms with Gasteiger partial charge in [0.2, 0.25) is 5.82 Å². The van der Waals surface area contributed by atoms with Crippen LogP contribution in [0.15, 0.2) is 30.5 Å². The van der Waals surface area contributed by atoms with Gasteiger partial charge in [-0.05, 0) is 44.0 Å². The smallest absolute Gasteiger partial charge is 0.314 e. The lowest BCUT2D eigenvalue weighted by atomic mass is 10.0. The molecule has 134 valence electrons.